The van der Waals surface area contributed by atoms with E-state index in [1.54, 1.807) is 0 Å². The number of rotatable bonds is 6. The summed E-state index contributed by atoms with van der Waals surface area (Å²) in [5.74, 6) is 0.273. The Labute approximate surface area is 103 Å². The van der Waals surface area contributed by atoms with E-state index in [9.17, 15) is 9.90 Å². The molecule has 0 spiro atoms. The highest BCUT2D eigenvalue weighted by Gasteiger charge is 2.33. The number of likely N-dealkylation sites (N-methyl/N-ethyl adjacent to an activating group) is 1. The number of carbonyl (C=O) groups is 1. The average molecular weight is 244 g/mol. The number of ether oxygens (including phenoxy) is 1. The molecule has 100 valence electrons. The van der Waals surface area contributed by atoms with Gasteiger partial charge in [0.2, 0.25) is 5.91 Å². The number of hydrogen-bond acceptors (Lipinski definition) is 4. The van der Waals surface area contributed by atoms with Gasteiger partial charge in [-0.3, -0.25) is 4.79 Å². The van der Waals surface area contributed by atoms with E-state index in [-0.39, 0.29) is 30.5 Å². The van der Waals surface area contributed by atoms with Crippen molar-refractivity contribution in [2.24, 2.45) is 11.8 Å². The second-order valence-electron chi connectivity index (χ2n) is 5.06. The molecule has 0 aromatic rings. The zero-order valence-corrected chi connectivity index (χ0v) is 10.9. The van der Waals surface area contributed by atoms with Crippen LogP contribution in [0.4, 0.5) is 0 Å². The molecule has 5 heteroatoms. The lowest BCUT2D eigenvalue weighted by molar-refractivity contribution is -0.126. The van der Waals surface area contributed by atoms with Gasteiger partial charge in [-0.15, -0.1) is 0 Å². The molecule has 1 heterocycles. The van der Waals surface area contributed by atoms with Crippen LogP contribution in [0.3, 0.4) is 0 Å². The van der Waals surface area contributed by atoms with E-state index in [2.05, 4.69) is 24.5 Å². The highest BCUT2D eigenvalue weighted by molar-refractivity contribution is 5.80. The van der Waals surface area contributed by atoms with Crippen LogP contribution in [0.2, 0.25) is 0 Å². The Morgan fingerprint density at radius 3 is 2.71 bits per heavy atom. The Morgan fingerprint density at radius 1 is 1.47 bits per heavy atom. The summed E-state index contributed by atoms with van der Waals surface area (Å²) in [6, 6.07) is -0.0750. The normalized spacial score (nSPS) is 26.2. The molecule has 5 nitrogen and oxygen atoms in total. The molecule has 0 radical (unpaired) electrons. The van der Waals surface area contributed by atoms with Crippen LogP contribution in [-0.4, -0.2) is 50.0 Å². The van der Waals surface area contributed by atoms with Gasteiger partial charge in [-0.05, 0) is 19.4 Å². The monoisotopic (exact) mass is 244 g/mol. The van der Waals surface area contributed by atoms with E-state index in [1.807, 2.05) is 7.05 Å². The largest absolute Gasteiger partial charge is 0.394 e. The first-order valence-electron chi connectivity index (χ1n) is 6.24. The molecule has 1 rings (SSSR count). The van der Waals surface area contributed by atoms with Gasteiger partial charge in [-0.1, -0.05) is 13.8 Å². The Hall–Kier alpha value is -0.650. The van der Waals surface area contributed by atoms with Gasteiger partial charge in [0.05, 0.1) is 31.8 Å². The molecule has 0 aromatic heterocycles. The van der Waals surface area contributed by atoms with Crippen molar-refractivity contribution in [3.63, 3.8) is 0 Å². The number of amides is 1. The van der Waals surface area contributed by atoms with Crippen LogP contribution in [0.1, 0.15) is 20.3 Å². The Bertz CT molecular complexity index is 246. The van der Waals surface area contributed by atoms with Crippen molar-refractivity contribution in [1.82, 2.24) is 10.6 Å². The molecule has 1 fully saturated rings. The minimum absolute atomic E-state index is 0.0122. The Balaban J connectivity index is 2.46. The van der Waals surface area contributed by atoms with Crippen LogP contribution in [0, 0.1) is 11.8 Å². The summed E-state index contributed by atoms with van der Waals surface area (Å²) in [5.41, 5.74) is 0. The molecular weight excluding hydrogens is 220 g/mol. The Kier molecular flexibility index (Phi) is 5.88. The van der Waals surface area contributed by atoms with Crippen molar-refractivity contribution in [2.75, 3.05) is 26.9 Å². The quantitative estimate of drug-likeness (QED) is 0.602. The zero-order valence-electron chi connectivity index (χ0n) is 10.9. The van der Waals surface area contributed by atoms with E-state index < -0.39 is 0 Å². The second-order valence-corrected chi connectivity index (χ2v) is 5.06. The number of nitrogens with one attached hydrogen (secondary N) is 2. The molecule has 1 aliphatic heterocycles. The van der Waals surface area contributed by atoms with Gasteiger partial charge in [0.15, 0.2) is 0 Å². The van der Waals surface area contributed by atoms with Crippen molar-refractivity contribution >= 4 is 5.91 Å². The molecule has 0 aliphatic carbocycles. The summed E-state index contributed by atoms with van der Waals surface area (Å²) in [6.45, 7) is 5.16. The predicted molar refractivity (Wildman–Crippen MR) is 65.6 cm³/mol. The van der Waals surface area contributed by atoms with Gasteiger partial charge in [-0.25, -0.2) is 0 Å². The van der Waals surface area contributed by atoms with E-state index >= 15 is 0 Å². The summed E-state index contributed by atoms with van der Waals surface area (Å²) in [7, 11) is 1.83. The van der Waals surface area contributed by atoms with E-state index in [0.717, 1.165) is 6.42 Å². The molecule has 3 N–H and O–H groups in total. The van der Waals surface area contributed by atoms with Gasteiger partial charge in [0.1, 0.15) is 0 Å². The predicted octanol–water partition coefficient (Wildman–Crippen LogP) is -0.256. The highest BCUT2D eigenvalue weighted by atomic mass is 16.5. The van der Waals surface area contributed by atoms with Crippen molar-refractivity contribution in [1.29, 1.82) is 0 Å². The van der Waals surface area contributed by atoms with Gasteiger partial charge in [0.25, 0.3) is 0 Å². The van der Waals surface area contributed by atoms with Gasteiger partial charge in [-0.2, -0.15) is 0 Å². The van der Waals surface area contributed by atoms with Crippen LogP contribution in [0.15, 0.2) is 0 Å². The van der Waals surface area contributed by atoms with Crippen LogP contribution in [0.25, 0.3) is 0 Å². The molecular formula is C12H24N2O3. The first kappa shape index (κ1) is 14.4. The fourth-order valence-corrected chi connectivity index (χ4v) is 2.15. The molecule has 1 saturated heterocycles. The van der Waals surface area contributed by atoms with Crippen molar-refractivity contribution in [3.8, 4) is 0 Å². The minimum Gasteiger partial charge on any atom is -0.394 e. The lowest BCUT2D eigenvalue weighted by atomic mass is 10.0. The summed E-state index contributed by atoms with van der Waals surface area (Å²) in [6.07, 6.45) is 0.792. The molecule has 17 heavy (non-hydrogen) atoms. The third-order valence-corrected chi connectivity index (χ3v) is 3.11. The summed E-state index contributed by atoms with van der Waals surface area (Å²) >= 11 is 0. The Morgan fingerprint density at radius 2 is 2.18 bits per heavy atom. The van der Waals surface area contributed by atoms with Crippen molar-refractivity contribution in [2.45, 2.75) is 32.4 Å². The lowest BCUT2D eigenvalue weighted by Gasteiger charge is -2.22. The fraction of sp³-hybridized carbons (Fsp3) is 0.917. The maximum atomic E-state index is 12.0. The summed E-state index contributed by atoms with van der Waals surface area (Å²) in [5, 5.41) is 15.2. The van der Waals surface area contributed by atoms with Gasteiger partial charge >= 0.3 is 0 Å². The average Bonchev–Trinajstić information content (AvgIpc) is 2.75. The maximum absolute atomic E-state index is 12.0. The molecule has 1 amide bonds. The van der Waals surface area contributed by atoms with E-state index in [1.165, 1.54) is 0 Å². The SMILES string of the molecule is CNC1COCC1C(=O)NC(CO)CC(C)C. The lowest BCUT2D eigenvalue weighted by Crippen LogP contribution is -2.47. The summed E-state index contributed by atoms with van der Waals surface area (Å²) < 4.78 is 5.29. The number of aliphatic hydroxyl groups is 1. The standard InChI is InChI=1S/C12H24N2O3/c1-8(2)4-9(5-15)14-12(16)10-6-17-7-11(10)13-3/h8-11,13,15H,4-7H2,1-3H3,(H,14,16). The highest BCUT2D eigenvalue weighted by Crippen LogP contribution is 2.14. The van der Waals surface area contributed by atoms with Crippen LogP contribution in [0.5, 0.6) is 0 Å². The first-order valence-corrected chi connectivity index (χ1v) is 6.24. The van der Waals surface area contributed by atoms with Crippen molar-refractivity contribution in [3.05, 3.63) is 0 Å². The van der Waals surface area contributed by atoms with Crippen LogP contribution in [-0.2, 0) is 9.53 Å². The fourth-order valence-electron chi connectivity index (χ4n) is 2.15. The van der Waals surface area contributed by atoms with E-state index in [4.69, 9.17) is 4.74 Å². The number of aliphatic hydroxyl groups excluding tert-OH is 1. The third-order valence-electron chi connectivity index (χ3n) is 3.11. The number of carbonyl (C=O) groups excluding carboxylic acids is 1. The molecule has 3 unspecified atom stereocenters. The van der Waals surface area contributed by atoms with Gasteiger partial charge in [0, 0.05) is 6.04 Å². The van der Waals surface area contributed by atoms with Gasteiger partial charge < -0.3 is 20.5 Å². The van der Waals surface area contributed by atoms with Crippen molar-refractivity contribution < 1.29 is 14.6 Å². The zero-order chi connectivity index (χ0) is 12.8. The van der Waals surface area contributed by atoms with E-state index in [0.29, 0.717) is 19.1 Å². The maximum Gasteiger partial charge on any atom is 0.227 e. The molecule has 0 saturated carbocycles. The minimum atomic E-state index is -0.152. The smallest absolute Gasteiger partial charge is 0.227 e. The van der Waals surface area contributed by atoms with Crippen LogP contribution < -0.4 is 10.6 Å². The molecule has 3 atom stereocenters. The molecule has 1 aliphatic rings. The number of hydrogen-bond donors (Lipinski definition) is 3. The third kappa shape index (κ3) is 4.26. The second kappa shape index (κ2) is 6.93. The summed E-state index contributed by atoms with van der Waals surface area (Å²) in [4.78, 5) is 12.0. The first-order chi connectivity index (χ1) is 8.08. The van der Waals surface area contributed by atoms with Crippen LogP contribution >= 0.6 is 0 Å². The molecule has 0 bridgehead atoms. The molecule has 0 aromatic carbocycles. The topological polar surface area (TPSA) is 70.6 Å².